The zero-order valence-corrected chi connectivity index (χ0v) is 18.6. The Bertz CT molecular complexity index is 1280. The number of hydrogen-bond donors (Lipinski definition) is 1. The topological polar surface area (TPSA) is 52.0 Å². The molecule has 5 nitrogen and oxygen atoms in total. The molecule has 0 amide bonds. The molecule has 6 rings (SSSR count). The number of benzene rings is 2. The van der Waals surface area contributed by atoms with Crippen LogP contribution in [0.4, 0.5) is 5.95 Å². The van der Waals surface area contributed by atoms with Crippen LogP contribution in [0.15, 0.2) is 76.4 Å². The number of ether oxygens (including phenoxy) is 1. The summed E-state index contributed by atoms with van der Waals surface area (Å²) in [6.45, 7) is 0. The molecule has 30 heavy (non-hydrogen) atoms. The standard InChI is InChI=1S/C22H14BrClN4OS/c23-13-5-3-12(4-6-13)21-18-19(15-10-14(24)7-8-16(15)29-21)27-22-25-11-26-28(22)20(18)17-2-1-9-30-17/h1-11,20-21H,(H,25,26,27). The Balaban J connectivity index is 1.63. The van der Waals surface area contributed by atoms with Gasteiger partial charge in [-0.15, -0.1) is 11.3 Å². The fourth-order valence-electron chi connectivity index (χ4n) is 4.07. The van der Waals surface area contributed by atoms with Crippen LogP contribution >= 0.6 is 38.9 Å². The fourth-order valence-corrected chi connectivity index (χ4v) is 5.34. The Morgan fingerprint density at radius 3 is 2.80 bits per heavy atom. The molecule has 2 aromatic heterocycles. The number of halogens is 2. The second-order valence-electron chi connectivity index (χ2n) is 7.09. The van der Waals surface area contributed by atoms with E-state index in [1.54, 1.807) is 17.7 Å². The molecule has 2 unspecified atom stereocenters. The van der Waals surface area contributed by atoms with Gasteiger partial charge in [-0.05, 0) is 47.3 Å². The third-order valence-electron chi connectivity index (χ3n) is 5.36. The van der Waals surface area contributed by atoms with Gasteiger partial charge in [0.25, 0.3) is 0 Å². The van der Waals surface area contributed by atoms with Gasteiger partial charge in [0, 0.05) is 25.5 Å². The minimum Gasteiger partial charge on any atom is -0.480 e. The molecule has 0 saturated carbocycles. The number of nitrogens with one attached hydrogen (secondary N) is 1. The van der Waals surface area contributed by atoms with Gasteiger partial charge in [-0.2, -0.15) is 10.1 Å². The number of rotatable bonds is 2. The van der Waals surface area contributed by atoms with Crippen LogP contribution < -0.4 is 10.1 Å². The molecule has 2 aliphatic heterocycles. The first-order valence-corrected chi connectivity index (χ1v) is 11.4. The number of nitrogens with zero attached hydrogens (tertiary/aromatic N) is 3. The molecule has 8 heteroatoms. The molecule has 2 aromatic carbocycles. The zero-order valence-electron chi connectivity index (χ0n) is 15.4. The molecular weight excluding hydrogens is 484 g/mol. The smallest absolute Gasteiger partial charge is 0.226 e. The van der Waals surface area contributed by atoms with Crippen LogP contribution in [-0.2, 0) is 0 Å². The summed E-state index contributed by atoms with van der Waals surface area (Å²) in [5.41, 5.74) is 4.07. The minimum absolute atomic E-state index is 0.125. The highest BCUT2D eigenvalue weighted by atomic mass is 79.9. The highest BCUT2D eigenvalue weighted by Crippen LogP contribution is 2.51. The zero-order chi connectivity index (χ0) is 20.2. The molecule has 0 spiro atoms. The van der Waals surface area contributed by atoms with E-state index in [-0.39, 0.29) is 12.1 Å². The van der Waals surface area contributed by atoms with Crippen molar-refractivity contribution in [3.05, 3.63) is 97.4 Å². The highest BCUT2D eigenvalue weighted by molar-refractivity contribution is 9.10. The molecule has 2 aliphatic rings. The maximum Gasteiger partial charge on any atom is 0.226 e. The van der Waals surface area contributed by atoms with E-state index in [2.05, 4.69) is 61.0 Å². The molecule has 4 aromatic rings. The first-order valence-electron chi connectivity index (χ1n) is 9.35. The van der Waals surface area contributed by atoms with Crippen molar-refractivity contribution in [2.45, 2.75) is 12.1 Å². The second kappa shape index (κ2) is 6.97. The Morgan fingerprint density at radius 2 is 2.00 bits per heavy atom. The lowest BCUT2D eigenvalue weighted by molar-refractivity contribution is 0.223. The van der Waals surface area contributed by atoms with Gasteiger partial charge in [0.2, 0.25) is 5.95 Å². The maximum absolute atomic E-state index is 6.57. The lowest BCUT2D eigenvalue weighted by atomic mass is 9.87. The van der Waals surface area contributed by atoms with E-state index < -0.39 is 0 Å². The van der Waals surface area contributed by atoms with E-state index in [1.807, 2.05) is 35.0 Å². The second-order valence-corrected chi connectivity index (χ2v) is 9.42. The molecule has 0 radical (unpaired) electrons. The number of thiophene rings is 1. The predicted octanol–water partition coefficient (Wildman–Crippen LogP) is 6.32. The summed E-state index contributed by atoms with van der Waals surface area (Å²) in [5.74, 6) is 1.49. The molecule has 1 N–H and O–H groups in total. The number of fused-ring (bicyclic) bond motifs is 3. The first kappa shape index (κ1) is 18.2. The van der Waals surface area contributed by atoms with Crippen LogP contribution in [0.25, 0.3) is 5.70 Å². The maximum atomic E-state index is 6.57. The summed E-state index contributed by atoms with van der Waals surface area (Å²) in [7, 11) is 0. The monoisotopic (exact) mass is 496 g/mol. The lowest BCUT2D eigenvalue weighted by Crippen LogP contribution is -2.32. The number of anilines is 1. The van der Waals surface area contributed by atoms with Gasteiger partial charge in [0.1, 0.15) is 24.2 Å². The molecule has 4 heterocycles. The van der Waals surface area contributed by atoms with E-state index in [0.717, 1.165) is 32.6 Å². The van der Waals surface area contributed by atoms with Crippen LogP contribution in [0.2, 0.25) is 5.02 Å². The van der Waals surface area contributed by atoms with Crippen molar-refractivity contribution in [2.24, 2.45) is 0 Å². The van der Waals surface area contributed by atoms with Gasteiger partial charge in [-0.3, -0.25) is 0 Å². The van der Waals surface area contributed by atoms with E-state index in [9.17, 15) is 0 Å². The van der Waals surface area contributed by atoms with Crippen LogP contribution in [0.1, 0.15) is 28.1 Å². The van der Waals surface area contributed by atoms with Crippen LogP contribution in [0.5, 0.6) is 5.75 Å². The Labute approximate surface area is 190 Å². The van der Waals surface area contributed by atoms with E-state index in [0.29, 0.717) is 11.0 Å². The average Bonchev–Trinajstić information content (AvgIpc) is 3.44. The average molecular weight is 498 g/mol. The fraction of sp³-hybridized carbons (Fsp3) is 0.0909. The highest BCUT2D eigenvalue weighted by Gasteiger charge is 2.41. The Hall–Kier alpha value is -2.61. The van der Waals surface area contributed by atoms with Gasteiger partial charge < -0.3 is 10.1 Å². The van der Waals surface area contributed by atoms with Crippen molar-refractivity contribution in [1.82, 2.24) is 14.8 Å². The summed E-state index contributed by atoms with van der Waals surface area (Å²) in [4.78, 5) is 5.62. The van der Waals surface area contributed by atoms with Crippen molar-refractivity contribution in [2.75, 3.05) is 5.32 Å². The van der Waals surface area contributed by atoms with Crippen molar-refractivity contribution < 1.29 is 4.74 Å². The van der Waals surface area contributed by atoms with Gasteiger partial charge >= 0.3 is 0 Å². The van der Waals surface area contributed by atoms with Crippen molar-refractivity contribution in [3.8, 4) is 5.75 Å². The SMILES string of the molecule is Clc1ccc2c(c1)C1=C(C(c3ccc(Br)cc3)O2)C(c2cccs2)n2ncnc2N1. The molecule has 148 valence electrons. The third kappa shape index (κ3) is 2.80. The van der Waals surface area contributed by atoms with E-state index >= 15 is 0 Å². The predicted molar refractivity (Wildman–Crippen MR) is 122 cm³/mol. The molecule has 0 bridgehead atoms. The molecule has 2 atom stereocenters. The Kier molecular flexibility index (Phi) is 4.23. The normalized spacial score (nSPS) is 19.4. The van der Waals surface area contributed by atoms with Gasteiger partial charge in [0.05, 0.1) is 5.70 Å². The largest absolute Gasteiger partial charge is 0.480 e. The summed E-state index contributed by atoms with van der Waals surface area (Å²) in [6, 6.07) is 18.0. The summed E-state index contributed by atoms with van der Waals surface area (Å²) in [6.07, 6.45) is 1.30. The number of hydrogen-bond acceptors (Lipinski definition) is 5. The lowest BCUT2D eigenvalue weighted by Gasteiger charge is -2.38. The van der Waals surface area contributed by atoms with Gasteiger partial charge in [-0.1, -0.05) is 45.7 Å². The minimum atomic E-state index is -0.279. The first-order chi connectivity index (χ1) is 14.7. The molecule has 0 aliphatic carbocycles. The van der Waals surface area contributed by atoms with E-state index in [1.165, 1.54) is 4.88 Å². The van der Waals surface area contributed by atoms with Crippen LogP contribution in [0.3, 0.4) is 0 Å². The van der Waals surface area contributed by atoms with Crippen LogP contribution in [0, 0.1) is 0 Å². The molecule has 0 saturated heterocycles. The molecule has 0 fully saturated rings. The third-order valence-corrected chi connectivity index (χ3v) is 7.05. The van der Waals surface area contributed by atoms with Gasteiger partial charge in [0.15, 0.2) is 0 Å². The van der Waals surface area contributed by atoms with Crippen molar-refractivity contribution in [3.63, 3.8) is 0 Å². The van der Waals surface area contributed by atoms with Crippen LogP contribution in [-0.4, -0.2) is 14.8 Å². The quantitative estimate of drug-likeness (QED) is 0.352. The molecular formula is C22H14BrClN4OS. The summed E-state index contributed by atoms with van der Waals surface area (Å²) < 4.78 is 9.53. The summed E-state index contributed by atoms with van der Waals surface area (Å²) >= 11 is 11.6. The Morgan fingerprint density at radius 1 is 1.13 bits per heavy atom. The van der Waals surface area contributed by atoms with Gasteiger partial charge in [-0.25, -0.2) is 4.68 Å². The summed E-state index contributed by atoms with van der Waals surface area (Å²) in [5, 5.41) is 10.8. The number of aromatic nitrogens is 3. The van der Waals surface area contributed by atoms with E-state index in [4.69, 9.17) is 16.3 Å². The van der Waals surface area contributed by atoms with Crippen molar-refractivity contribution in [1.29, 1.82) is 0 Å². The van der Waals surface area contributed by atoms with Crippen molar-refractivity contribution >= 4 is 50.5 Å².